The summed E-state index contributed by atoms with van der Waals surface area (Å²) in [5.74, 6) is 1.26. The smallest absolute Gasteiger partial charge is 0.254 e. The van der Waals surface area contributed by atoms with Gasteiger partial charge in [-0.15, -0.1) is 0 Å². The van der Waals surface area contributed by atoms with Gasteiger partial charge in [0.05, 0.1) is 17.7 Å². The number of nitrogens with zero attached hydrogens (tertiary/aromatic N) is 6. The molecule has 9 heteroatoms. The molecule has 0 spiro atoms. The largest absolute Gasteiger partial charge is 0.391 e. The van der Waals surface area contributed by atoms with E-state index in [4.69, 9.17) is 4.98 Å². The lowest BCUT2D eigenvalue weighted by molar-refractivity contribution is 0.0669. The van der Waals surface area contributed by atoms with Gasteiger partial charge < -0.3 is 10.4 Å². The molecule has 3 heterocycles. The fourth-order valence-electron chi connectivity index (χ4n) is 3.58. The van der Waals surface area contributed by atoms with Gasteiger partial charge in [0.15, 0.2) is 5.82 Å². The zero-order chi connectivity index (χ0) is 19.5. The Morgan fingerprint density at radius 3 is 2.79 bits per heavy atom. The summed E-state index contributed by atoms with van der Waals surface area (Å²) in [6.07, 6.45) is 9.06. The summed E-state index contributed by atoms with van der Waals surface area (Å²) in [6.45, 7) is 0. The standard InChI is InChI=1S/C19H21N7O2/c1-26-18(24-17(25-26)13-3-2-6-20-8-13)12-4-5-16(27)15(7-12)23-19(28)14-9-21-11-22-10-14/h2-3,6,8-12,15-16,27H,4-5,7H2,1H3,(H,23,28)/t12-,15+,16+/m0/s1. The molecule has 1 aliphatic rings. The third-order valence-electron chi connectivity index (χ3n) is 5.03. The summed E-state index contributed by atoms with van der Waals surface area (Å²) in [7, 11) is 1.86. The topological polar surface area (TPSA) is 119 Å². The van der Waals surface area contributed by atoms with Crippen molar-refractivity contribution in [3.05, 3.63) is 54.6 Å². The van der Waals surface area contributed by atoms with E-state index < -0.39 is 6.10 Å². The van der Waals surface area contributed by atoms with Crippen molar-refractivity contribution in [3.63, 3.8) is 0 Å². The van der Waals surface area contributed by atoms with Crippen LogP contribution < -0.4 is 5.32 Å². The van der Waals surface area contributed by atoms with Crippen LogP contribution in [0.5, 0.6) is 0 Å². The highest BCUT2D eigenvalue weighted by atomic mass is 16.3. The van der Waals surface area contributed by atoms with Gasteiger partial charge in [0.2, 0.25) is 0 Å². The predicted molar refractivity (Wildman–Crippen MR) is 100 cm³/mol. The number of aryl methyl sites for hydroxylation is 1. The molecule has 0 unspecified atom stereocenters. The minimum absolute atomic E-state index is 0.0867. The molecule has 0 radical (unpaired) electrons. The van der Waals surface area contributed by atoms with Crippen molar-refractivity contribution in [2.45, 2.75) is 37.3 Å². The molecule has 1 amide bonds. The van der Waals surface area contributed by atoms with E-state index >= 15 is 0 Å². The normalized spacial score (nSPS) is 22.0. The molecule has 1 aliphatic carbocycles. The summed E-state index contributed by atoms with van der Waals surface area (Å²) >= 11 is 0. The number of nitrogens with one attached hydrogen (secondary N) is 1. The van der Waals surface area contributed by atoms with E-state index in [1.807, 2.05) is 19.2 Å². The number of amides is 1. The van der Waals surface area contributed by atoms with Crippen LogP contribution >= 0.6 is 0 Å². The minimum Gasteiger partial charge on any atom is -0.391 e. The monoisotopic (exact) mass is 379 g/mol. The maximum Gasteiger partial charge on any atom is 0.254 e. The molecule has 144 valence electrons. The van der Waals surface area contributed by atoms with Crippen LogP contribution in [-0.4, -0.2) is 52.9 Å². The van der Waals surface area contributed by atoms with Crippen molar-refractivity contribution in [3.8, 4) is 11.4 Å². The lowest BCUT2D eigenvalue weighted by atomic mass is 9.83. The lowest BCUT2D eigenvalue weighted by Crippen LogP contribution is -2.47. The fraction of sp³-hybridized carbons (Fsp3) is 0.368. The molecule has 1 fully saturated rings. The Bertz CT molecular complexity index is 945. The average Bonchev–Trinajstić information content (AvgIpc) is 3.12. The molecule has 1 saturated carbocycles. The van der Waals surface area contributed by atoms with Crippen LogP contribution in [0, 0.1) is 0 Å². The molecule has 0 aliphatic heterocycles. The predicted octanol–water partition coefficient (Wildman–Crippen LogP) is 1.09. The molecule has 3 aromatic rings. The highest BCUT2D eigenvalue weighted by Gasteiger charge is 2.33. The molecule has 0 aromatic carbocycles. The lowest BCUT2D eigenvalue weighted by Gasteiger charge is -2.33. The average molecular weight is 379 g/mol. The van der Waals surface area contributed by atoms with E-state index in [0.29, 0.717) is 24.2 Å². The van der Waals surface area contributed by atoms with Gasteiger partial charge in [0, 0.05) is 43.3 Å². The molecule has 9 nitrogen and oxygen atoms in total. The summed E-state index contributed by atoms with van der Waals surface area (Å²) in [5, 5.41) is 17.8. The molecule has 2 N–H and O–H groups in total. The van der Waals surface area contributed by atoms with Gasteiger partial charge >= 0.3 is 0 Å². The number of aromatic nitrogens is 6. The van der Waals surface area contributed by atoms with Gasteiger partial charge in [0.1, 0.15) is 12.2 Å². The van der Waals surface area contributed by atoms with Gasteiger partial charge in [-0.25, -0.2) is 15.0 Å². The molecule has 4 rings (SSSR count). The van der Waals surface area contributed by atoms with Gasteiger partial charge in [0.25, 0.3) is 5.91 Å². The number of hydrogen-bond acceptors (Lipinski definition) is 7. The Morgan fingerprint density at radius 2 is 2.04 bits per heavy atom. The first kappa shape index (κ1) is 18.2. The Morgan fingerprint density at radius 1 is 1.21 bits per heavy atom. The summed E-state index contributed by atoms with van der Waals surface area (Å²) in [4.78, 5) is 29.0. The molecule has 0 saturated heterocycles. The maximum atomic E-state index is 12.4. The zero-order valence-electron chi connectivity index (χ0n) is 15.4. The van der Waals surface area contributed by atoms with Crippen LogP contribution in [0.1, 0.15) is 41.4 Å². The minimum atomic E-state index is -0.601. The maximum absolute atomic E-state index is 12.4. The SMILES string of the molecule is Cn1nc(-c2cccnc2)nc1[C@H]1CC[C@@H](O)[C@H](NC(=O)c2cncnc2)C1. The van der Waals surface area contributed by atoms with Gasteiger partial charge in [-0.3, -0.25) is 14.5 Å². The van der Waals surface area contributed by atoms with Gasteiger partial charge in [-0.1, -0.05) is 0 Å². The highest BCUT2D eigenvalue weighted by Crippen LogP contribution is 2.33. The van der Waals surface area contributed by atoms with Crippen LogP contribution in [0.2, 0.25) is 0 Å². The van der Waals surface area contributed by atoms with Gasteiger partial charge in [-0.2, -0.15) is 5.10 Å². The molecular formula is C19H21N7O2. The molecule has 3 aromatic heterocycles. The first-order valence-electron chi connectivity index (χ1n) is 9.17. The Hall–Kier alpha value is -3.20. The highest BCUT2D eigenvalue weighted by molar-refractivity contribution is 5.93. The summed E-state index contributed by atoms with van der Waals surface area (Å²) in [6, 6.07) is 3.40. The number of hydrogen-bond donors (Lipinski definition) is 2. The van der Waals surface area contributed by atoms with E-state index in [0.717, 1.165) is 17.8 Å². The number of carbonyl (C=O) groups excluding carboxylic acids is 1. The third kappa shape index (κ3) is 3.74. The van der Waals surface area contributed by atoms with Crippen molar-refractivity contribution in [1.82, 2.24) is 35.0 Å². The quantitative estimate of drug-likeness (QED) is 0.696. The van der Waals surface area contributed by atoms with Crippen LogP contribution in [-0.2, 0) is 7.05 Å². The van der Waals surface area contributed by atoms with E-state index in [-0.39, 0.29) is 17.9 Å². The molecule has 0 bridgehead atoms. The van der Waals surface area contributed by atoms with E-state index in [9.17, 15) is 9.90 Å². The first-order chi connectivity index (χ1) is 13.6. The third-order valence-corrected chi connectivity index (χ3v) is 5.03. The number of pyridine rings is 1. The van der Waals surface area contributed by atoms with Gasteiger partial charge in [-0.05, 0) is 31.4 Å². The second kappa shape index (κ2) is 7.81. The molecule has 28 heavy (non-hydrogen) atoms. The van der Waals surface area contributed by atoms with Crippen LogP contribution in [0.4, 0.5) is 0 Å². The van der Waals surface area contributed by atoms with Crippen molar-refractivity contribution in [2.24, 2.45) is 7.05 Å². The second-order valence-electron chi connectivity index (χ2n) is 6.94. The Balaban J connectivity index is 1.50. The zero-order valence-corrected chi connectivity index (χ0v) is 15.4. The summed E-state index contributed by atoms with van der Waals surface area (Å²) < 4.78 is 1.77. The van der Waals surface area contributed by atoms with E-state index in [1.54, 1.807) is 17.1 Å². The van der Waals surface area contributed by atoms with Crippen molar-refractivity contribution in [1.29, 1.82) is 0 Å². The number of aliphatic hydroxyl groups is 1. The Kier molecular flexibility index (Phi) is 5.07. The fourth-order valence-corrected chi connectivity index (χ4v) is 3.58. The Labute approximate surface area is 161 Å². The second-order valence-corrected chi connectivity index (χ2v) is 6.94. The van der Waals surface area contributed by atoms with Crippen LogP contribution in [0.15, 0.2) is 43.2 Å². The number of carbonyl (C=O) groups is 1. The van der Waals surface area contributed by atoms with Crippen molar-refractivity contribution in [2.75, 3.05) is 0 Å². The number of aliphatic hydroxyl groups excluding tert-OH is 1. The summed E-state index contributed by atoms with van der Waals surface area (Å²) in [5.41, 5.74) is 1.23. The van der Waals surface area contributed by atoms with Crippen LogP contribution in [0.3, 0.4) is 0 Å². The van der Waals surface area contributed by atoms with Crippen LogP contribution in [0.25, 0.3) is 11.4 Å². The van der Waals surface area contributed by atoms with E-state index in [1.165, 1.54) is 18.7 Å². The van der Waals surface area contributed by atoms with Crippen molar-refractivity contribution >= 4 is 5.91 Å². The molecular weight excluding hydrogens is 358 g/mol. The first-order valence-corrected chi connectivity index (χ1v) is 9.17. The van der Waals surface area contributed by atoms with E-state index in [2.05, 4.69) is 25.4 Å². The molecule has 3 atom stereocenters. The number of rotatable bonds is 4. The van der Waals surface area contributed by atoms with Crippen molar-refractivity contribution < 1.29 is 9.90 Å².